The van der Waals surface area contributed by atoms with Crippen molar-refractivity contribution in [1.82, 2.24) is 9.21 Å². The molecule has 0 radical (unpaired) electrons. The lowest BCUT2D eigenvalue weighted by molar-refractivity contribution is -0.159. The van der Waals surface area contributed by atoms with Gasteiger partial charge in [-0.05, 0) is 56.6 Å². The van der Waals surface area contributed by atoms with Gasteiger partial charge in [-0.3, -0.25) is 0 Å². The van der Waals surface area contributed by atoms with Crippen LogP contribution in [0.3, 0.4) is 0 Å². The predicted molar refractivity (Wildman–Crippen MR) is 103 cm³/mol. The number of aliphatic carboxylic acids is 2. The number of piperidine rings is 1. The maximum absolute atomic E-state index is 12.0. The maximum atomic E-state index is 12.0. The summed E-state index contributed by atoms with van der Waals surface area (Å²) >= 11 is 0. The summed E-state index contributed by atoms with van der Waals surface area (Å²) in [6, 6.07) is 6.62. The highest BCUT2D eigenvalue weighted by Gasteiger charge is 2.16. The monoisotopic (exact) mass is 416 g/mol. The van der Waals surface area contributed by atoms with E-state index < -0.39 is 22.0 Å². The Hall–Kier alpha value is -2.17. The quantitative estimate of drug-likeness (QED) is 0.504. The molecule has 2 N–H and O–H groups in total. The van der Waals surface area contributed by atoms with Gasteiger partial charge in [0.2, 0.25) is 10.0 Å². The fraction of sp³-hybridized carbons (Fsp3) is 0.556. The fourth-order valence-electron chi connectivity index (χ4n) is 2.58. The third kappa shape index (κ3) is 8.24. The van der Waals surface area contributed by atoms with Gasteiger partial charge in [0, 0.05) is 20.6 Å². The summed E-state index contributed by atoms with van der Waals surface area (Å²) in [5.41, 5.74) is 0. The number of rotatable bonds is 7. The second-order valence-corrected chi connectivity index (χ2v) is 8.63. The van der Waals surface area contributed by atoms with Crippen molar-refractivity contribution in [3.63, 3.8) is 0 Å². The van der Waals surface area contributed by atoms with E-state index in [-0.39, 0.29) is 4.90 Å². The Labute approximate surface area is 165 Å². The molecule has 0 spiro atoms. The van der Waals surface area contributed by atoms with E-state index in [1.165, 1.54) is 50.8 Å². The number of nitrogens with zero attached hydrogens (tertiary/aromatic N) is 2. The number of carbonyl (C=O) groups is 2. The summed E-state index contributed by atoms with van der Waals surface area (Å²) in [5.74, 6) is -2.93. The van der Waals surface area contributed by atoms with Crippen molar-refractivity contribution >= 4 is 22.0 Å². The highest BCUT2D eigenvalue weighted by Crippen LogP contribution is 2.18. The van der Waals surface area contributed by atoms with Gasteiger partial charge in [0.25, 0.3) is 0 Å². The van der Waals surface area contributed by atoms with Crippen LogP contribution < -0.4 is 4.74 Å². The number of carboxylic acid groups (broad SMARTS) is 2. The first-order valence-corrected chi connectivity index (χ1v) is 10.4. The molecule has 0 aromatic heterocycles. The van der Waals surface area contributed by atoms with Crippen LogP contribution in [-0.2, 0) is 19.6 Å². The third-order valence-electron chi connectivity index (χ3n) is 4.12. The van der Waals surface area contributed by atoms with E-state index in [0.29, 0.717) is 6.61 Å². The van der Waals surface area contributed by atoms with Crippen LogP contribution in [0.1, 0.15) is 25.7 Å². The molecule has 0 unspecified atom stereocenters. The molecule has 0 atom stereocenters. The molecule has 1 fully saturated rings. The molecule has 0 amide bonds. The van der Waals surface area contributed by atoms with Crippen LogP contribution in [0.5, 0.6) is 5.75 Å². The van der Waals surface area contributed by atoms with Gasteiger partial charge in [0.1, 0.15) is 5.75 Å². The van der Waals surface area contributed by atoms with E-state index in [1.54, 1.807) is 24.3 Å². The average molecular weight is 416 g/mol. The fourth-order valence-corrected chi connectivity index (χ4v) is 3.48. The Kier molecular flexibility index (Phi) is 9.91. The molecule has 158 valence electrons. The normalized spacial score (nSPS) is 14.8. The van der Waals surface area contributed by atoms with Crippen LogP contribution in [0.15, 0.2) is 29.2 Å². The van der Waals surface area contributed by atoms with Crippen LogP contribution in [0.4, 0.5) is 0 Å². The van der Waals surface area contributed by atoms with E-state index in [1.807, 2.05) is 0 Å². The summed E-state index contributed by atoms with van der Waals surface area (Å²) < 4.78 is 30.8. The number of carboxylic acids is 2. The van der Waals surface area contributed by atoms with Gasteiger partial charge in [-0.15, -0.1) is 0 Å². The van der Waals surface area contributed by atoms with Crippen LogP contribution >= 0.6 is 0 Å². The molecular formula is C18H28N2O7S. The van der Waals surface area contributed by atoms with Gasteiger partial charge in [-0.2, -0.15) is 0 Å². The molecule has 0 bridgehead atoms. The van der Waals surface area contributed by atoms with E-state index >= 15 is 0 Å². The van der Waals surface area contributed by atoms with Gasteiger partial charge in [0.05, 0.1) is 11.5 Å². The van der Waals surface area contributed by atoms with Gasteiger partial charge in [-0.1, -0.05) is 6.42 Å². The molecule has 0 saturated carbocycles. The van der Waals surface area contributed by atoms with Crippen molar-refractivity contribution in [2.45, 2.75) is 30.6 Å². The molecule has 0 aliphatic carbocycles. The number of hydrogen-bond acceptors (Lipinski definition) is 6. The summed E-state index contributed by atoms with van der Waals surface area (Å²) in [6.45, 7) is 4.15. The molecule has 9 nitrogen and oxygen atoms in total. The Bertz CT molecular complexity index is 715. The summed E-state index contributed by atoms with van der Waals surface area (Å²) in [4.78, 5) is 21.0. The number of likely N-dealkylation sites (tertiary alicyclic amines) is 1. The number of benzene rings is 1. The molecule has 28 heavy (non-hydrogen) atoms. The van der Waals surface area contributed by atoms with Crippen molar-refractivity contribution in [3.05, 3.63) is 24.3 Å². The van der Waals surface area contributed by atoms with E-state index in [9.17, 15) is 8.42 Å². The van der Waals surface area contributed by atoms with E-state index in [4.69, 9.17) is 24.5 Å². The average Bonchev–Trinajstić information content (AvgIpc) is 2.67. The van der Waals surface area contributed by atoms with Crippen LogP contribution in [0.2, 0.25) is 0 Å². The maximum Gasteiger partial charge on any atom is 0.414 e. The Morgan fingerprint density at radius 2 is 1.57 bits per heavy atom. The van der Waals surface area contributed by atoms with E-state index in [2.05, 4.69) is 4.90 Å². The van der Waals surface area contributed by atoms with Crippen LogP contribution in [-0.4, -0.2) is 80.1 Å². The molecule has 10 heteroatoms. The zero-order valence-electron chi connectivity index (χ0n) is 16.2. The highest BCUT2D eigenvalue weighted by molar-refractivity contribution is 7.89. The molecule has 1 aliphatic rings. The number of sulfonamides is 1. The highest BCUT2D eigenvalue weighted by atomic mass is 32.2. The second-order valence-electron chi connectivity index (χ2n) is 6.47. The van der Waals surface area contributed by atoms with Crippen LogP contribution in [0, 0.1) is 0 Å². The SMILES string of the molecule is CN(C)S(=O)(=O)c1ccc(OCCCN2CCCCC2)cc1.O=C(O)C(=O)O. The van der Waals surface area contributed by atoms with Gasteiger partial charge < -0.3 is 19.8 Å². The zero-order chi connectivity index (χ0) is 21.2. The van der Waals surface area contributed by atoms with Gasteiger partial charge in [-0.25, -0.2) is 22.3 Å². The smallest absolute Gasteiger partial charge is 0.414 e. The summed E-state index contributed by atoms with van der Waals surface area (Å²) in [6.07, 6.45) is 4.97. The molecule has 1 heterocycles. The topological polar surface area (TPSA) is 124 Å². The molecular weight excluding hydrogens is 388 g/mol. The third-order valence-corrected chi connectivity index (χ3v) is 5.95. The number of hydrogen-bond donors (Lipinski definition) is 2. The number of ether oxygens (including phenoxy) is 1. The van der Waals surface area contributed by atoms with Gasteiger partial charge in [0.15, 0.2) is 0 Å². The zero-order valence-corrected chi connectivity index (χ0v) is 17.0. The second kappa shape index (κ2) is 11.6. The molecule has 1 aromatic carbocycles. The minimum atomic E-state index is -3.36. The minimum Gasteiger partial charge on any atom is -0.494 e. The first-order valence-electron chi connectivity index (χ1n) is 8.98. The van der Waals surface area contributed by atoms with Crippen LogP contribution in [0.25, 0.3) is 0 Å². The largest absolute Gasteiger partial charge is 0.494 e. The minimum absolute atomic E-state index is 0.290. The van der Waals surface area contributed by atoms with Crippen molar-refractivity contribution in [2.24, 2.45) is 0 Å². The van der Waals surface area contributed by atoms with Gasteiger partial charge >= 0.3 is 11.9 Å². The van der Waals surface area contributed by atoms with Crippen molar-refractivity contribution in [2.75, 3.05) is 40.3 Å². The molecule has 1 saturated heterocycles. The molecule has 2 rings (SSSR count). The Morgan fingerprint density at radius 1 is 1.04 bits per heavy atom. The Balaban J connectivity index is 0.000000568. The van der Waals surface area contributed by atoms with Crippen molar-refractivity contribution in [1.29, 1.82) is 0 Å². The Morgan fingerprint density at radius 3 is 2.04 bits per heavy atom. The molecule has 1 aliphatic heterocycles. The van der Waals surface area contributed by atoms with Crippen molar-refractivity contribution in [3.8, 4) is 5.75 Å². The van der Waals surface area contributed by atoms with Crippen molar-refractivity contribution < 1.29 is 33.0 Å². The summed E-state index contributed by atoms with van der Waals surface area (Å²) in [5, 5.41) is 14.8. The first-order chi connectivity index (χ1) is 13.1. The lowest BCUT2D eigenvalue weighted by Gasteiger charge is -2.26. The first kappa shape index (κ1) is 23.9. The molecule has 1 aromatic rings. The summed E-state index contributed by atoms with van der Waals surface area (Å²) in [7, 11) is -0.306. The predicted octanol–water partition coefficient (Wildman–Crippen LogP) is 1.35. The lowest BCUT2D eigenvalue weighted by atomic mass is 10.1. The van der Waals surface area contributed by atoms with E-state index in [0.717, 1.165) is 18.7 Å². The standard InChI is InChI=1S/C16H26N2O3S.C2H2O4/c1-17(2)22(19,20)16-9-7-15(8-10-16)21-14-6-13-18-11-4-3-5-12-18;3-1(4)2(5)6/h7-10H,3-6,11-14H2,1-2H3;(H,3,4)(H,5,6). The lowest BCUT2D eigenvalue weighted by Crippen LogP contribution is -2.31.